The van der Waals surface area contributed by atoms with E-state index in [9.17, 15) is 18.0 Å². The quantitative estimate of drug-likeness (QED) is 0.322. The topological polar surface area (TPSA) is 35.5 Å². The van der Waals surface area contributed by atoms with Crippen LogP contribution < -0.4 is 9.47 Å². The fraction of sp³-hybridized carbons (Fsp3) is 0.536. The molecule has 0 heterocycles. The van der Waals surface area contributed by atoms with Gasteiger partial charge < -0.3 is 9.47 Å². The second-order valence-corrected chi connectivity index (χ2v) is 10.4. The highest BCUT2D eigenvalue weighted by atomic mass is 19.4. The first-order valence-electron chi connectivity index (χ1n) is 12.4. The zero-order chi connectivity index (χ0) is 24.1. The van der Waals surface area contributed by atoms with Crippen LogP contribution in [0.15, 0.2) is 48.5 Å². The van der Waals surface area contributed by atoms with E-state index in [1.54, 1.807) is 30.3 Å². The molecule has 0 spiro atoms. The molecule has 0 radical (unpaired) electrons. The summed E-state index contributed by atoms with van der Waals surface area (Å²) in [5.74, 6) is 2.23. The molecule has 2 aromatic rings. The summed E-state index contributed by atoms with van der Waals surface area (Å²) in [6.45, 7) is 3.94. The number of ether oxygens (including phenoxy) is 2. The van der Waals surface area contributed by atoms with Crippen molar-refractivity contribution in [3.8, 4) is 11.5 Å². The van der Waals surface area contributed by atoms with Crippen LogP contribution in [0.1, 0.15) is 68.3 Å². The molecule has 3 aliphatic carbocycles. The predicted octanol–water partition coefficient (Wildman–Crippen LogP) is 7.54. The summed E-state index contributed by atoms with van der Waals surface area (Å²) in [5.41, 5.74) is -1.55. The molecule has 182 valence electrons. The molecule has 2 aromatic carbocycles. The lowest BCUT2D eigenvalue weighted by Crippen LogP contribution is -2.45. The number of hydrogen-bond donors (Lipinski definition) is 0. The molecule has 3 aliphatic rings. The van der Waals surface area contributed by atoms with Crippen LogP contribution >= 0.6 is 0 Å². The third kappa shape index (κ3) is 4.09. The summed E-state index contributed by atoms with van der Waals surface area (Å²) in [5, 5.41) is 0. The number of para-hydroxylation sites is 1. The maximum absolute atomic E-state index is 13.9. The number of esters is 1. The van der Waals surface area contributed by atoms with Crippen molar-refractivity contribution in [3.63, 3.8) is 0 Å². The van der Waals surface area contributed by atoms with Gasteiger partial charge in [-0.2, -0.15) is 13.2 Å². The van der Waals surface area contributed by atoms with Gasteiger partial charge in [-0.25, -0.2) is 4.79 Å². The van der Waals surface area contributed by atoms with Gasteiger partial charge in [0, 0.05) is 5.92 Å². The second-order valence-electron chi connectivity index (χ2n) is 10.4. The molecule has 0 aromatic heterocycles. The van der Waals surface area contributed by atoms with Gasteiger partial charge >= 0.3 is 12.1 Å². The molecule has 0 N–H and O–H groups in total. The van der Waals surface area contributed by atoms with Crippen LogP contribution in [0, 0.1) is 29.6 Å². The Kier molecular flexibility index (Phi) is 5.89. The van der Waals surface area contributed by atoms with Gasteiger partial charge in [0.05, 0.1) is 11.1 Å². The Labute approximate surface area is 198 Å². The van der Waals surface area contributed by atoms with Crippen molar-refractivity contribution in [3.05, 3.63) is 59.7 Å². The molecule has 2 bridgehead atoms. The molecule has 3 nitrogen and oxygen atoms in total. The van der Waals surface area contributed by atoms with E-state index in [4.69, 9.17) is 9.47 Å². The van der Waals surface area contributed by atoms with E-state index >= 15 is 0 Å². The summed E-state index contributed by atoms with van der Waals surface area (Å²) >= 11 is 0. The van der Waals surface area contributed by atoms with Crippen LogP contribution in [-0.4, -0.2) is 11.6 Å². The van der Waals surface area contributed by atoms with Crippen LogP contribution in [0.2, 0.25) is 0 Å². The van der Waals surface area contributed by atoms with E-state index in [1.807, 2.05) is 13.8 Å². The van der Waals surface area contributed by atoms with E-state index < -0.39 is 23.3 Å². The number of carbonyl (C=O) groups excluding carboxylic acids is 1. The summed E-state index contributed by atoms with van der Waals surface area (Å²) < 4.78 is 53.4. The molecule has 0 aliphatic heterocycles. The van der Waals surface area contributed by atoms with Gasteiger partial charge in [0.15, 0.2) is 0 Å². The number of hydrogen-bond acceptors (Lipinski definition) is 3. The summed E-state index contributed by atoms with van der Waals surface area (Å²) in [7, 11) is 0. The minimum Gasteiger partial charge on any atom is -0.487 e. The fourth-order valence-electron chi connectivity index (χ4n) is 7.05. The third-order valence-electron chi connectivity index (χ3n) is 8.73. The lowest BCUT2D eigenvalue weighted by molar-refractivity contribution is -0.141. The molecule has 6 unspecified atom stereocenters. The Morgan fingerprint density at radius 2 is 1.74 bits per heavy atom. The Morgan fingerprint density at radius 1 is 1.00 bits per heavy atom. The Morgan fingerprint density at radius 3 is 2.44 bits per heavy atom. The summed E-state index contributed by atoms with van der Waals surface area (Å²) in [6, 6.07) is 11.8. The summed E-state index contributed by atoms with van der Waals surface area (Å²) in [6.07, 6.45) is 2.01. The van der Waals surface area contributed by atoms with E-state index in [0.29, 0.717) is 29.9 Å². The first-order chi connectivity index (χ1) is 16.2. The molecular weight excluding hydrogens is 441 g/mol. The van der Waals surface area contributed by atoms with Gasteiger partial charge in [-0.3, -0.25) is 0 Å². The van der Waals surface area contributed by atoms with Crippen molar-refractivity contribution < 1.29 is 27.4 Å². The molecule has 6 heteroatoms. The molecular formula is C28H31F3O3. The molecule has 3 saturated carbocycles. The highest BCUT2D eigenvalue weighted by Crippen LogP contribution is 2.63. The Balaban J connectivity index is 1.44. The van der Waals surface area contributed by atoms with Crippen molar-refractivity contribution in [1.29, 1.82) is 0 Å². The number of benzene rings is 2. The van der Waals surface area contributed by atoms with Crippen LogP contribution in [-0.2, 0) is 6.18 Å². The van der Waals surface area contributed by atoms with E-state index in [0.717, 1.165) is 24.5 Å². The standard InChI is InChI=1S/C28H31F3O3/c1-3-27(2,24-15-18-14-22(24)21-11-7-10-20(18)21)34-25-16-17(12-13-23(25)28(29,30)31)26(32)33-19-8-5-4-6-9-19/h4-6,8-9,12-13,16,18,20-22,24H,3,7,10-11,14-15H2,1-2H3. The zero-order valence-corrected chi connectivity index (χ0v) is 19.6. The van der Waals surface area contributed by atoms with E-state index in [2.05, 4.69) is 0 Å². The number of halogens is 3. The number of alkyl halides is 3. The van der Waals surface area contributed by atoms with Crippen LogP contribution in [0.25, 0.3) is 0 Å². The number of rotatable bonds is 6. The van der Waals surface area contributed by atoms with Gasteiger partial charge in [-0.15, -0.1) is 0 Å². The summed E-state index contributed by atoms with van der Waals surface area (Å²) in [4.78, 5) is 12.7. The lowest BCUT2D eigenvalue weighted by atomic mass is 9.68. The minimum absolute atomic E-state index is 0.0362. The zero-order valence-electron chi connectivity index (χ0n) is 19.6. The van der Waals surface area contributed by atoms with E-state index in [1.165, 1.54) is 31.7 Å². The average Bonchev–Trinajstić information content (AvgIpc) is 3.53. The maximum Gasteiger partial charge on any atom is 0.419 e. The largest absolute Gasteiger partial charge is 0.487 e. The number of fused-ring (bicyclic) bond motifs is 5. The molecule has 5 rings (SSSR count). The van der Waals surface area contributed by atoms with Gasteiger partial charge in [0.1, 0.15) is 17.1 Å². The normalized spacial score (nSPS) is 29.5. The Hall–Kier alpha value is -2.50. The minimum atomic E-state index is -4.59. The number of carbonyl (C=O) groups is 1. The first-order valence-corrected chi connectivity index (χ1v) is 12.4. The highest BCUT2D eigenvalue weighted by molar-refractivity contribution is 5.91. The van der Waals surface area contributed by atoms with Gasteiger partial charge in [0.2, 0.25) is 0 Å². The van der Waals surface area contributed by atoms with Crippen molar-refractivity contribution in [2.75, 3.05) is 0 Å². The molecule has 0 amide bonds. The van der Waals surface area contributed by atoms with Gasteiger partial charge in [-0.1, -0.05) is 31.5 Å². The van der Waals surface area contributed by atoms with Crippen molar-refractivity contribution >= 4 is 5.97 Å². The smallest absolute Gasteiger partial charge is 0.419 e. The Bertz CT molecular complexity index is 1050. The fourth-order valence-corrected chi connectivity index (χ4v) is 7.05. The van der Waals surface area contributed by atoms with Crippen LogP contribution in [0.3, 0.4) is 0 Å². The second kappa shape index (κ2) is 8.62. The van der Waals surface area contributed by atoms with Crippen LogP contribution in [0.5, 0.6) is 11.5 Å². The van der Waals surface area contributed by atoms with Crippen molar-refractivity contribution in [2.24, 2.45) is 29.6 Å². The van der Waals surface area contributed by atoms with Gasteiger partial charge in [0.25, 0.3) is 0 Å². The third-order valence-corrected chi connectivity index (χ3v) is 8.73. The lowest BCUT2D eigenvalue weighted by Gasteiger charge is -2.43. The average molecular weight is 473 g/mol. The molecule has 34 heavy (non-hydrogen) atoms. The predicted molar refractivity (Wildman–Crippen MR) is 123 cm³/mol. The van der Waals surface area contributed by atoms with Crippen molar-refractivity contribution in [2.45, 2.75) is 64.1 Å². The van der Waals surface area contributed by atoms with Gasteiger partial charge in [-0.05, 0) is 93.0 Å². The van der Waals surface area contributed by atoms with Crippen LogP contribution in [0.4, 0.5) is 13.2 Å². The molecule has 0 saturated heterocycles. The first kappa shape index (κ1) is 23.3. The highest BCUT2D eigenvalue weighted by Gasteiger charge is 2.58. The maximum atomic E-state index is 13.9. The van der Waals surface area contributed by atoms with E-state index in [-0.39, 0.29) is 17.2 Å². The monoisotopic (exact) mass is 472 g/mol. The SMILES string of the molecule is CCC(C)(Oc1cc(C(=O)Oc2ccccc2)ccc1C(F)(F)F)C1CC2CC1C1CCCC21. The molecule has 3 fully saturated rings. The molecule has 6 atom stereocenters. The van der Waals surface area contributed by atoms with Crippen molar-refractivity contribution in [1.82, 2.24) is 0 Å².